The second kappa shape index (κ2) is 7.70. The molecule has 0 unspecified atom stereocenters. The quantitative estimate of drug-likeness (QED) is 0.319. The number of hydrogen-bond acceptors (Lipinski definition) is 3. The van der Waals surface area contributed by atoms with Crippen LogP contribution in [0.3, 0.4) is 0 Å². The van der Waals surface area contributed by atoms with Gasteiger partial charge in [0, 0.05) is 17.8 Å². The zero-order valence-corrected chi connectivity index (χ0v) is 15.4. The van der Waals surface area contributed by atoms with Gasteiger partial charge in [0.2, 0.25) is 0 Å². The van der Waals surface area contributed by atoms with Crippen molar-refractivity contribution in [2.75, 3.05) is 0 Å². The Hall–Kier alpha value is -3.38. The molecule has 4 aromatic rings. The van der Waals surface area contributed by atoms with Gasteiger partial charge in [-0.2, -0.15) is 5.10 Å². The van der Waals surface area contributed by atoms with E-state index in [0.717, 1.165) is 34.0 Å². The van der Waals surface area contributed by atoms with Crippen LogP contribution < -0.4 is 0 Å². The van der Waals surface area contributed by atoms with Crippen molar-refractivity contribution in [2.45, 2.75) is 0 Å². The Balaban J connectivity index is 1.71. The highest BCUT2D eigenvalue weighted by molar-refractivity contribution is 7.13. The number of nitrogens with zero attached hydrogens (tertiary/aromatic N) is 2. The first-order chi connectivity index (χ1) is 13.6. The third kappa shape index (κ3) is 3.68. The Morgan fingerprint density at radius 1 is 1.04 bits per heavy atom. The van der Waals surface area contributed by atoms with Gasteiger partial charge in [0.1, 0.15) is 17.3 Å². The summed E-state index contributed by atoms with van der Waals surface area (Å²) in [6.07, 6.45) is 4.70. The molecule has 0 aliphatic carbocycles. The third-order valence-corrected chi connectivity index (χ3v) is 5.01. The predicted molar refractivity (Wildman–Crippen MR) is 107 cm³/mol. The first-order valence-corrected chi connectivity index (χ1v) is 9.36. The minimum absolute atomic E-state index is 0.175. The summed E-state index contributed by atoms with van der Waals surface area (Å²) < 4.78 is 28.6. The molecule has 0 atom stereocenters. The number of halogens is 2. The van der Waals surface area contributed by atoms with Crippen LogP contribution in [0.4, 0.5) is 8.78 Å². The molecule has 2 aromatic carbocycles. The van der Waals surface area contributed by atoms with Crippen molar-refractivity contribution >= 4 is 23.2 Å². The molecule has 4 rings (SSSR count). The van der Waals surface area contributed by atoms with Crippen molar-refractivity contribution in [2.24, 2.45) is 0 Å². The maximum atomic E-state index is 13.8. The Morgan fingerprint density at radius 3 is 2.57 bits per heavy atom. The van der Waals surface area contributed by atoms with Crippen LogP contribution in [0.2, 0.25) is 0 Å². The normalized spacial score (nSPS) is 11.2. The van der Waals surface area contributed by atoms with Gasteiger partial charge < -0.3 is 0 Å². The van der Waals surface area contributed by atoms with Crippen LogP contribution in [0.5, 0.6) is 0 Å². The van der Waals surface area contributed by atoms with Crippen LogP contribution in [0.25, 0.3) is 22.3 Å². The van der Waals surface area contributed by atoms with Crippen LogP contribution in [0.15, 0.2) is 78.3 Å². The number of rotatable bonds is 5. The van der Waals surface area contributed by atoms with Crippen molar-refractivity contribution < 1.29 is 13.6 Å². The summed E-state index contributed by atoms with van der Waals surface area (Å²) in [6, 6.07) is 16.4. The number of aromatic nitrogens is 2. The molecule has 6 heteroatoms. The van der Waals surface area contributed by atoms with E-state index < -0.39 is 17.4 Å². The second-order valence-electron chi connectivity index (χ2n) is 6.01. The Morgan fingerprint density at radius 2 is 1.86 bits per heavy atom. The smallest absolute Gasteiger partial charge is 0.188 e. The lowest BCUT2D eigenvalue weighted by Gasteiger charge is -1.99. The van der Waals surface area contributed by atoms with E-state index in [1.165, 1.54) is 17.4 Å². The van der Waals surface area contributed by atoms with Crippen molar-refractivity contribution in [3.63, 3.8) is 0 Å². The molecule has 28 heavy (non-hydrogen) atoms. The number of para-hydroxylation sites is 1. The number of benzene rings is 2. The molecule has 0 saturated heterocycles. The van der Waals surface area contributed by atoms with Gasteiger partial charge in [-0.15, -0.1) is 11.3 Å². The maximum absolute atomic E-state index is 13.8. The molecule has 0 saturated carbocycles. The average molecular weight is 392 g/mol. The van der Waals surface area contributed by atoms with Crippen LogP contribution in [0, 0.1) is 11.6 Å². The molecular weight excluding hydrogens is 378 g/mol. The predicted octanol–water partition coefficient (Wildman–Crippen LogP) is 5.78. The van der Waals surface area contributed by atoms with Gasteiger partial charge in [-0.1, -0.05) is 24.3 Å². The molecule has 138 valence electrons. The molecule has 2 aromatic heterocycles. The number of allylic oxidation sites excluding steroid dienone is 1. The van der Waals surface area contributed by atoms with Gasteiger partial charge in [-0.25, -0.2) is 13.5 Å². The summed E-state index contributed by atoms with van der Waals surface area (Å²) in [5, 5.41) is 6.59. The van der Waals surface area contributed by atoms with Crippen molar-refractivity contribution in [3.8, 4) is 16.3 Å². The summed E-state index contributed by atoms with van der Waals surface area (Å²) in [6.45, 7) is 0. The number of ketones is 1. The molecule has 0 radical (unpaired) electrons. The second-order valence-corrected chi connectivity index (χ2v) is 6.96. The number of hydrogen-bond donors (Lipinski definition) is 0. The fourth-order valence-corrected chi connectivity index (χ4v) is 3.50. The first-order valence-electron chi connectivity index (χ1n) is 8.48. The summed E-state index contributed by atoms with van der Waals surface area (Å²) in [5.74, 6) is -2.14. The molecular formula is C22H14F2N2OS. The van der Waals surface area contributed by atoms with E-state index in [1.807, 2.05) is 54.0 Å². The van der Waals surface area contributed by atoms with E-state index in [2.05, 4.69) is 5.10 Å². The van der Waals surface area contributed by atoms with E-state index in [0.29, 0.717) is 6.07 Å². The SMILES string of the molecule is O=C(/C=C/c1cn(-c2ccccc2)nc1-c1cccs1)c1ccc(F)cc1F. The lowest BCUT2D eigenvalue weighted by molar-refractivity contribution is 0.104. The fraction of sp³-hybridized carbons (Fsp3) is 0. The van der Waals surface area contributed by atoms with E-state index in [9.17, 15) is 13.6 Å². The van der Waals surface area contributed by atoms with Crippen molar-refractivity contribution in [1.29, 1.82) is 0 Å². The molecule has 3 nitrogen and oxygen atoms in total. The molecule has 2 heterocycles. The standard InChI is InChI=1S/C22H14F2N2OS/c23-16-9-10-18(19(24)13-16)20(27)11-8-15-14-26(17-5-2-1-3-6-17)25-22(15)21-7-4-12-28-21/h1-14H/b11-8+. The fourth-order valence-electron chi connectivity index (χ4n) is 2.77. The Labute approximate surface area is 164 Å². The van der Waals surface area contributed by atoms with E-state index in [1.54, 1.807) is 10.8 Å². The molecule has 0 fully saturated rings. The van der Waals surface area contributed by atoms with Gasteiger partial charge >= 0.3 is 0 Å². The summed E-state index contributed by atoms with van der Waals surface area (Å²) in [5.41, 5.74) is 2.16. The van der Waals surface area contributed by atoms with Crippen molar-refractivity contribution in [3.05, 3.63) is 101 Å². The maximum Gasteiger partial charge on any atom is 0.188 e. The first kappa shape index (κ1) is 18.0. The summed E-state index contributed by atoms with van der Waals surface area (Å²) in [7, 11) is 0. The van der Waals surface area contributed by atoms with E-state index in [-0.39, 0.29) is 5.56 Å². The van der Waals surface area contributed by atoms with Gasteiger partial charge in [0.25, 0.3) is 0 Å². The number of carbonyl (C=O) groups is 1. The number of thiophene rings is 1. The summed E-state index contributed by atoms with van der Waals surface area (Å²) >= 11 is 1.54. The van der Waals surface area contributed by atoms with Crippen LogP contribution in [-0.4, -0.2) is 15.6 Å². The van der Waals surface area contributed by atoms with Crippen LogP contribution in [0.1, 0.15) is 15.9 Å². The zero-order chi connectivity index (χ0) is 19.5. The van der Waals surface area contributed by atoms with Gasteiger partial charge in [0.15, 0.2) is 5.78 Å². The Bertz CT molecular complexity index is 1150. The molecule has 0 spiro atoms. The number of carbonyl (C=O) groups excluding carboxylic acids is 1. The Kier molecular flexibility index (Phi) is 4.95. The third-order valence-electron chi connectivity index (χ3n) is 4.13. The van der Waals surface area contributed by atoms with Gasteiger partial charge in [0.05, 0.1) is 16.1 Å². The lowest BCUT2D eigenvalue weighted by atomic mass is 10.1. The molecule has 0 amide bonds. The zero-order valence-electron chi connectivity index (χ0n) is 14.5. The monoisotopic (exact) mass is 392 g/mol. The highest BCUT2D eigenvalue weighted by Crippen LogP contribution is 2.28. The summed E-state index contributed by atoms with van der Waals surface area (Å²) in [4.78, 5) is 13.3. The van der Waals surface area contributed by atoms with Gasteiger partial charge in [-0.3, -0.25) is 4.79 Å². The largest absolute Gasteiger partial charge is 0.289 e. The minimum Gasteiger partial charge on any atom is -0.289 e. The van der Waals surface area contributed by atoms with E-state index in [4.69, 9.17) is 0 Å². The minimum atomic E-state index is -0.881. The lowest BCUT2D eigenvalue weighted by Crippen LogP contribution is -1.99. The van der Waals surface area contributed by atoms with Crippen LogP contribution in [-0.2, 0) is 0 Å². The van der Waals surface area contributed by atoms with Crippen molar-refractivity contribution in [1.82, 2.24) is 9.78 Å². The molecule has 0 aliphatic rings. The molecule has 0 N–H and O–H groups in total. The highest BCUT2D eigenvalue weighted by atomic mass is 32.1. The van der Waals surface area contributed by atoms with Gasteiger partial charge in [-0.05, 0) is 47.9 Å². The molecule has 0 bridgehead atoms. The highest BCUT2D eigenvalue weighted by Gasteiger charge is 2.13. The average Bonchev–Trinajstić information content (AvgIpc) is 3.36. The van der Waals surface area contributed by atoms with E-state index >= 15 is 0 Å². The molecule has 0 aliphatic heterocycles. The topological polar surface area (TPSA) is 34.9 Å². The van der Waals surface area contributed by atoms with Crippen LogP contribution >= 0.6 is 11.3 Å².